The van der Waals surface area contributed by atoms with Crippen molar-refractivity contribution < 1.29 is 13.5 Å². The molecule has 2 aromatic rings. The van der Waals surface area contributed by atoms with Gasteiger partial charge in [0, 0.05) is 18.2 Å². The molecule has 0 saturated heterocycles. The van der Waals surface area contributed by atoms with Crippen LogP contribution in [-0.2, 0) is 6.54 Å². The number of hydrogen-bond acceptors (Lipinski definition) is 3. The SMILES string of the molecule is CCNCc1cc(F)cnc1Oc1ccc(C)c(F)c1. The first-order chi connectivity index (χ1) is 9.60. The van der Waals surface area contributed by atoms with Crippen molar-refractivity contribution in [1.82, 2.24) is 10.3 Å². The van der Waals surface area contributed by atoms with E-state index in [9.17, 15) is 8.78 Å². The summed E-state index contributed by atoms with van der Waals surface area (Å²) in [6.45, 7) is 4.80. The second kappa shape index (κ2) is 6.43. The molecule has 5 heteroatoms. The normalized spacial score (nSPS) is 10.6. The molecular weight excluding hydrogens is 262 g/mol. The van der Waals surface area contributed by atoms with Gasteiger partial charge in [0.25, 0.3) is 0 Å². The van der Waals surface area contributed by atoms with E-state index in [1.54, 1.807) is 19.1 Å². The van der Waals surface area contributed by atoms with Gasteiger partial charge in [-0.05, 0) is 31.2 Å². The van der Waals surface area contributed by atoms with Crippen molar-refractivity contribution >= 4 is 0 Å². The number of nitrogens with zero attached hydrogens (tertiary/aromatic N) is 1. The van der Waals surface area contributed by atoms with Crippen molar-refractivity contribution in [3.63, 3.8) is 0 Å². The largest absolute Gasteiger partial charge is 0.439 e. The number of benzene rings is 1. The van der Waals surface area contributed by atoms with Crippen molar-refractivity contribution in [2.45, 2.75) is 20.4 Å². The van der Waals surface area contributed by atoms with Crippen LogP contribution in [0.25, 0.3) is 0 Å². The van der Waals surface area contributed by atoms with Crippen LogP contribution in [0.4, 0.5) is 8.78 Å². The number of aromatic nitrogens is 1. The lowest BCUT2D eigenvalue weighted by Gasteiger charge is -2.11. The van der Waals surface area contributed by atoms with Gasteiger partial charge in [0.1, 0.15) is 17.4 Å². The molecule has 1 aromatic heterocycles. The van der Waals surface area contributed by atoms with Crippen molar-refractivity contribution in [2.24, 2.45) is 0 Å². The van der Waals surface area contributed by atoms with Gasteiger partial charge >= 0.3 is 0 Å². The zero-order valence-corrected chi connectivity index (χ0v) is 11.4. The first kappa shape index (κ1) is 14.4. The quantitative estimate of drug-likeness (QED) is 0.908. The summed E-state index contributed by atoms with van der Waals surface area (Å²) >= 11 is 0. The summed E-state index contributed by atoms with van der Waals surface area (Å²) < 4.78 is 32.2. The molecule has 20 heavy (non-hydrogen) atoms. The lowest BCUT2D eigenvalue weighted by molar-refractivity contribution is 0.444. The fourth-order valence-electron chi connectivity index (χ4n) is 1.70. The third-order valence-corrected chi connectivity index (χ3v) is 2.82. The molecule has 0 spiro atoms. The minimum atomic E-state index is -0.430. The van der Waals surface area contributed by atoms with E-state index in [-0.39, 0.29) is 11.7 Å². The molecule has 106 valence electrons. The van der Waals surface area contributed by atoms with Crippen LogP contribution in [-0.4, -0.2) is 11.5 Å². The minimum Gasteiger partial charge on any atom is -0.439 e. The fraction of sp³-hybridized carbons (Fsp3) is 0.267. The monoisotopic (exact) mass is 278 g/mol. The topological polar surface area (TPSA) is 34.2 Å². The van der Waals surface area contributed by atoms with Crippen LogP contribution in [0.5, 0.6) is 11.6 Å². The zero-order chi connectivity index (χ0) is 14.5. The molecule has 0 atom stereocenters. The summed E-state index contributed by atoms with van der Waals surface area (Å²) in [7, 11) is 0. The maximum atomic E-state index is 13.5. The molecule has 2 rings (SSSR count). The Hall–Kier alpha value is -2.01. The maximum Gasteiger partial charge on any atom is 0.223 e. The Morgan fingerprint density at radius 2 is 2.05 bits per heavy atom. The van der Waals surface area contributed by atoms with E-state index in [4.69, 9.17) is 4.74 Å². The second-order valence-corrected chi connectivity index (χ2v) is 4.41. The predicted molar refractivity (Wildman–Crippen MR) is 72.8 cm³/mol. The molecule has 0 radical (unpaired) electrons. The Morgan fingerprint density at radius 1 is 1.25 bits per heavy atom. The van der Waals surface area contributed by atoms with Gasteiger partial charge in [0.2, 0.25) is 5.88 Å². The molecule has 3 nitrogen and oxygen atoms in total. The summed E-state index contributed by atoms with van der Waals surface area (Å²) in [6.07, 6.45) is 1.08. The first-order valence-electron chi connectivity index (χ1n) is 6.39. The molecule has 0 aliphatic carbocycles. The summed E-state index contributed by atoms with van der Waals surface area (Å²) in [4.78, 5) is 3.92. The number of hydrogen-bond donors (Lipinski definition) is 1. The molecule has 0 bridgehead atoms. The van der Waals surface area contributed by atoms with Crippen LogP contribution in [0, 0.1) is 18.6 Å². The molecule has 1 N–H and O–H groups in total. The van der Waals surface area contributed by atoms with Crippen molar-refractivity contribution in [3.8, 4) is 11.6 Å². The Labute approximate surface area is 116 Å². The second-order valence-electron chi connectivity index (χ2n) is 4.41. The molecule has 0 aliphatic heterocycles. The summed E-state index contributed by atoms with van der Waals surface area (Å²) in [5.41, 5.74) is 1.13. The van der Waals surface area contributed by atoms with Crippen LogP contribution in [0.1, 0.15) is 18.1 Å². The van der Waals surface area contributed by atoms with E-state index >= 15 is 0 Å². The van der Waals surface area contributed by atoms with Gasteiger partial charge < -0.3 is 10.1 Å². The van der Waals surface area contributed by atoms with Crippen LogP contribution >= 0.6 is 0 Å². The molecule has 0 fully saturated rings. The summed E-state index contributed by atoms with van der Waals surface area (Å²) in [5.74, 6) is -0.168. The lowest BCUT2D eigenvalue weighted by atomic mass is 10.2. The van der Waals surface area contributed by atoms with E-state index < -0.39 is 5.82 Å². The van der Waals surface area contributed by atoms with Gasteiger partial charge in [0.15, 0.2) is 0 Å². The van der Waals surface area contributed by atoms with Gasteiger partial charge in [-0.15, -0.1) is 0 Å². The number of nitrogens with one attached hydrogen (secondary N) is 1. The number of rotatable bonds is 5. The van der Waals surface area contributed by atoms with E-state index in [2.05, 4.69) is 10.3 Å². The average molecular weight is 278 g/mol. The molecule has 0 saturated carbocycles. The van der Waals surface area contributed by atoms with E-state index in [1.165, 1.54) is 12.1 Å². The Morgan fingerprint density at radius 3 is 2.75 bits per heavy atom. The standard InChI is InChI=1S/C15H16F2N2O/c1-3-18-8-11-6-12(16)9-19-15(11)20-13-5-4-10(2)14(17)7-13/h4-7,9,18H,3,8H2,1-2H3. The van der Waals surface area contributed by atoms with Crippen molar-refractivity contribution in [3.05, 3.63) is 53.2 Å². The lowest BCUT2D eigenvalue weighted by Crippen LogP contribution is -2.13. The van der Waals surface area contributed by atoms with Crippen LogP contribution in [0.3, 0.4) is 0 Å². The van der Waals surface area contributed by atoms with Crippen molar-refractivity contribution in [1.29, 1.82) is 0 Å². The Bertz CT molecular complexity index is 602. The summed E-state index contributed by atoms with van der Waals surface area (Å²) in [6, 6.07) is 5.92. The van der Waals surface area contributed by atoms with Gasteiger partial charge in [-0.1, -0.05) is 13.0 Å². The Kier molecular flexibility index (Phi) is 4.63. The number of aryl methyl sites for hydroxylation is 1. The predicted octanol–water partition coefficient (Wildman–Crippen LogP) is 3.57. The van der Waals surface area contributed by atoms with E-state index in [0.29, 0.717) is 23.4 Å². The molecule has 0 unspecified atom stereocenters. The van der Waals surface area contributed by atoms with Crippen molar-refractivity contribution in [2.75, 3.05) is 6.54 Å². The maximum absolute atomic E-state index is 13.5. The summed E-state index contributed by atoms with van der Waals surface area (Å²) in [5, 5.41) is 3.08. The third kappa shape index (κ3) is 3.51. The van der Waals surface area contributed by atoms with Crippen LogP contribution in [0.2, 0.25) is 0 Å². The number of pyridine rings is 1. The number of halogens is 2. The first-order valence-corrected chi connectivity index (χ1v) is 6.39. The molecular formula is C15H16F2N2O. The van der Waals surface area contributed by atoms with Crippen LogP contribution in [0.15, 0.2) is 30.5 Å². The van der Waals surface area contributed by atoms with Gasteiger partial charge in [0.05, 0.1) is 6.20 Å². The number of ether oxygens (including phenoxy) is 1. The average Bonchev–Trinajstić information content (AvgIpc) is 2.43. The zero-order valence-electron chi connectivity index (χ0n) is 11.4. The van der Waals surface area contributed by atoms with E-state index in [0.717, 1.165) is 12.7 Å². The molecule has 1 aromatic carbocycles. The van der Waals surface area contributed by atoms with Gasteiger partial charge in [-0.3, -0.25) is 0 Å². The van der Waals surface area contributed by atoms with Gasteiger partial charge in [-0.25, -0.2) is 13.8 Å². The third-order valence-electron chi connectivity index (χ3n) is 2.82. The molecule has 1 heterocycles. The Balaban J connectivity index is 2.25. The highest BCUT2D eigenvalue weighted by Crippen LogP contribution is 2.25. The minimum absolute atomic E-state index is 0.274. The highest BCUT2D eigenvalue weighted by molar-refractivity contribution is 5.34. The van der Waals surface area contributed by atoms with Crippen LogP contribution < -0.4 is 10.1 Å². The molecule has 0 amide bonds. The highest BCUT2D eigenvalue weighted by atomic mass is 19.1. The van der Waals surface area contributed by atoms with E-state index in [1.807, 2.05) is 6.92 Å². The smallest absolute Gasteiger partial charge is 0.223 e. The highest BCUT2D eigenvalue weighted by Gasteiger charge is 2.09. The van der Waals surface area contributed by atoms with Gasteiger partial charge in [-0.2, -0.15) is 0 Å². The molecule has 0 aliphatic rings. The fourth-order valence-corrected chi connectivity index (χ4v) is 1.70.